The van der Waals surface area contributed by atoms with E-state index in [1.165, 1.54) is 11.1 Å². The van der Waals surface area contributed by atoms with E-state index < -0.39 is 0 Å². The fourth-order valence-corrected chi connectivity index (χ4v) is 2.94. The van der Waals surface area contributed by atoms with Gasteiger partial charge in [0.15, 0.2) is 0 Å². The topological polar surface area (TPSA) is 29.5 Å². The van der Waals surface area contributed by atoms with Crippen LogP contribution in [0.4, 0.5) is 0 Å². The first-order valence-corrected chi connectivity index (χ1v) is 7.03. The van der Waals surface area contributed by atoms with E-state index in [2.05, 4.69) is 35.0 Å². The second-order valence-electron chi connectivity index (χ2n) is 4.81. The van der Waals surface area contributed by atoms with Crippen LogP contribution in [0.25, 0.3) is 0 Å². The summed E-state index contributed by atoms with van der Waals surface area (Å²) in [5.74, 6) is 1.31. The van der Waals surface area contributed by atoms with E-state index in [1.807, 2.05) is 6.92 Å². The van der Waals surface area contributed by atoms with Crippen LogP contribution >= 0.6 is 15.9 Å². The van der Waals surface area contributed by atoms with Crippen molar-refractivity contribution < 1.29 is 9.84 Å². The van der Waals surface area contributed by atoms with Crippen molar-refractivity contribution in [2.45, 2.75) is 39.2 Å². The van der Waals surface area contributed by atoms with Gasteiger partial charge in [0, 0.05) is 10.9 Å². The molecule has 0 spiro atoms. The maximum Gasteiger partial charge on any atom is 0.125 e. The summed E-state index contributed by atoms with van der Waals surface area (Å²) < 4.78 is 6.80. The van der Waals surface area contributed by atoms with Crippen LogP contribution in [0.15, 0.2) is 16.6 Å². The Morgan fingerprint density at radius 2 is 2.24 bits per heavy atom. The maximum atomic E-state index is 9.85. The van der Waals surface area contributed by atoms with Crippen LogP contribution in [0, 0.1) is 5.92 Å². The Bertz CT molecular complexity index is 403. The predicted octanol–water partition coefficient (Wildman–Crippen LogP) is 3.33. The first-order chi connectivity index (χ1) is 8.11. The number of aliphatic hydroxyl groups is 1. The molecule has 1 N–H and O–H groups in total. The molecule has 1 aliphatic rings. The minimum atomic E-state index is -0.231. The average Bonchev–Trinajstić information content (AvgIpc) is 2.75. The van der Waals surface area contributed by atoms with Crippen LogP contribution in [0.5, 0.6) is 5.75 Å². The van der Waals surface area contributed by atoms with Crippen molar-refractivity contribution >= 4 is 15.9 Å². The van der Waals surface area contributed by atoms with Crippen molar-refractivity contribution in [3.63, 3.8) is 0 Å². The van der Waals surface area contributed by atoms with Crippen LogP contribution in [0.1, 0.15) is 31.4 Å². The molecule has 0 saturated carbocycles. The Morgan fingerprint density at radius 3 is 2.94 bits per heavy atom. The first kappa shape index (κ1) is 12.9. The fourth-order valence-electron chi connectivity index (χ4n) is 2.38. The van der Waals surface area contributed by atoms with Gasteiger partial charge in [0.2, 0.25) is 0 Å². The van der Waals surface area contributed by atoms with Crippen LogP contribution in [0.3, 0.4) is 0 Å². The largest absolute Gasteiger partial charge is 0.493 e. The summed E-state index contributed by atoms with van der Waals surface area (Å²) in [5.41, 5.74) is 2.50. The van der Waals surface area contributed by atoms with E-state index in [4.69, 9.17) is 4.74 Å². The number of aliphatic hydroxyl groups excluding tert-OH is 1. The minimum Gasteiger partial charge on any atom is -0.493 e. The normalized spacial score (nSPS) is 17.4. The summed E-state index contributed by atoms with van der Waals surface area (Å²) in [4.78, 5) is 0. The van der Waals surface area contributed by atoms with Gasteiger partial charge in [0.05, 0.1) is 12.7 Å². The van der Waals surface area contributed by atoms with Gasteiger partial charge in [0.25, 0.3) is 0 Å². The summed E-state index contributed by atoms with van der Waals surface area (Å²) in [6.07, 6.45) is 2.44. The highest BCUT2D eigenvalue weighted by atomic mass is 79.9. The van der Waals surface area contributed by atoms with E-state index >= 15 is 0 Å². The number of rotatable bonds is 4. The van der Waals surface area contributed by atoms with Crippen LogP contribution < -0.4 is 4.74 Å². The first-order valence-electron chi connectivity index (χ1n) is 6.24. The molecule has 0 fully saturated rings. The zero-order valence-electron chi connectivity index (χ0n) is 10.4. The molecule has 0 amide bonds. The summed E-state index contributed by atoms with van der Waals surface area (Å²) in [6.45, 7) is 4.89. The van der Waals surface area contributed by atoms with Crippen molar-refractivity contribution in [2.24, 2.45) is 5.92 Å². The maximum absolute atomic E-state index is 9.85. The standard InChI is InChI=1S/C14H19BrO2/c1-3-13(16)9(2)6-11-8-12(15)7-10-4-5-17-14(10)11/h7-9,13,16H,3-6H2,1-2H3. The van der Waals surface area contributed by atoms with Crippen molar-refractivity contribution in [3.05, 3.63) is 27.7 Å². The van der Waals surface area contributed by atoms with E-state index in [9.17, 15) is 5.11 Å². The zero-order chi connectivity index (χ0) is 12.4. The van der Waals surface area contributed by atoms with Crippen LogP contribution in [-0.2, 0) is 12.8 Å². The van der Waals surface area contributed by atoms with Gasteiger partial charge in [-0.25, -0.2) is 0 Å². The number of benzene rings is 1. The average molecular weight is 299 g/mol. The van der Waals surface area contributed by atoms with Gasteiger partial charge in [-0.15, -0.1) is 0 Å². The Hall–Kier alpha value is -0.540. The monoisotopic (exact) mass is 298 g/mol. The minimum absolute atomic E-state index is 0.231. The third kappa shape index (κ3) is 2.83. The van der Waals surface area contributed by atoms with Crippen molar-refractivity contribution in [1.82, 2.24) is 0 Å². The Balaban J connectivity index is 2.21. The fraction of sp³-hybridized carbons (Fsp3) is 0.571. The molecule has 2 atom stereocenters. The van der Waals surface area contributed by atoms with Gasteiger partial charge >= 0.3 is 0 Å². The van der Waals surface area contributed by atoms with Gasteiger partial charge in [-0.2, -0.15) is 0 Å². The second-order valence-corrected chi connectivity index (χ2v) is 5.72. The molecule has 0 bridgehead atoms. The smallest absolute Gasteiger partial charge is 0.125 e. The highest BCUT2D eigenvalue weighted by molar-refractivity contribution is 9.10. The quantitative estimate of drug-likeness (QED) is 0.924. The van der Waals surface area contributed by atoms with E-state index in [-0.39, 0.29) is 12.0 Å². The van der Waals surface area contributed by atoms with Crippen molar-refractivity contribution in [3.8, 4) is 5.75 Å². The molecule has 1 heterocycles. The van der Waals surface area contributed by atoms with E-state index in [0.29, 0.717) is 0 Å². The molecule has 0 aliphatic carbocycles. The van der Waals surface area contributed by atoms with Crippen LogP contribution in [-0.4, -0.2) is 17.8 Å². The van der Waals surface area contributed by atoms with E-state index in [0.717, 1.165) is 36.1 Å². The van der Waals surface area contributed by atoms with Gasteiger partial charge < -0.3 is 9.84 Å². The summed E-state index contributed by atoms with van der Waals surface area (Å²) in [7, 11) is 0. The molecule has 1 aromatic carbocycles. The number of fused-ring (bicyclic) bond motifs is 1. The number of halogens is 1. The number of hydrogen-bond donors (Lipinski definition) is 1. The highest BCUT2D eigenvalue weighted by Crippen LogP contribution is 2.34. The number of hydrogen-bond acceptors (Lipinski definition) is 2. The highest BCUT2D eigenvalue weighted by Gasteiger charge is 2.20. The molecule has 1 aromatic rings. The van der Waals surface area contributed by atoms with Gasteiger partial charge in [-0.1, -0.05) is 29.8 Å². The second kappa shape index (κ2) is 5.40. The molecule has 2 rings (SSSR count). The Kier molecular flexibility index (Phi) is 4.10. The zero-order valence-corrected chi connectivity index (χ0v) is 12.0. The third-order valence-corrected chi connectivity index (χ3v) is 3.90. The Morgan fingerprint density at radius 1 is 1.47 bits per heavy atom. The van der Waals surface area contributed by atoms with Gasteiger partial charge in [-0.05, 0) is 42.0 Å². The molecular formula is C14H19BrO2. The molecule has 1 aliphatic heterocycles. The molecular weight excluding hydrogens is 280 g/mol. The van der Waals surface area contributed by atoms with Gasteiger partial charge in [0.1, 0.15) is 5.75 Å². The molecule has 2 unspecified atom stereocenters. The summed E-state index contributed by atoms with van der Waals surface area (Å²) >= 11 is 3.54. The molecule has 94 valence electrons. The summed E-state index contributed by atoms with van der Waals surface area (Å²) in [6, 6.07) is 4.25. The molecule has 0 saturated heterocycles. The lowest BCUT2D eigenvalue weighted by molar-refractivity contribution is 0.112. The molecule has 0 radical (unpaired) electrons. The number of ether oxygens (including phenoxy) is 1. The molecule has 0 aromatic heterocycles. The third-order valence-electron chi connectivity index (χ3n) is 3.44. The molecule has 17 heavy (non-hydrogen) atoms. The predicted molar refractivity (Wildman–Crippen MR) is 72.5 cm³/mol. The summed E-state index contributed by atoms with van der Waals surface area (Å²) in [5, 5.41) is 9.85. The molecule has 2 nitrogen and oxygen atoms in total. The lowest BCUT2D eigenvalue weighted by atomic mass is 9.93. The lowest BCUT2D eigenvalue weighted by Gasteiger charge is -2.18. The van der Waals surface area contributed by atoms with Crippen molar-refractivity contribution in [1.29, 1.82) is 0 Å². The van der Waals surface area contributed by atoms with E-state index in [1.54, 1.807) is 0 Å². The molecule has 3 heteroatoms. The van der Waals surface area contributed by atoms with Gasteiger partial charge in [-0.3, -0.25) is 0 Å². The lowest BCUT2D eigenvalue weighted by Crippen LogP contribution is -2.18. The Labute approximate surface area is 111 Å². The van der Waals surface area contributed by atoms with Crippen LogP contribution in [0.2, 0.25) is 0 Å². The SMILES string of the molecule is CCC(O)C(C)Cc1cc(Br)cc2c1OCC2. The van der Waals surface area contributed by atoms with Crippen molar-refractivity contribution in [2.75, 3.05) is 6.61 Å².